The van der Waals surface area contributed by atoms with E-state index in [0.717, 1.165) is 11.1 Å². The number of alkyl carbamates (subject to hydrolysis) is 1. The van der Waals surface area contributed by atoms with Crippen LogP contribution in [0.5, 0.6) is 0 Å². The van der Waals surface area contributed by atoms with Crippen LogP contribution in [0.4, 0.5) is 4.79 Å². The topological polar surface area (TPSA) is 93.7 Å². The normalized spacial score (nSPS) is 12.6. The number of ether oxygens (including phenoxy) is 2. The van der Waals surface area contributed by atoms with Crippen molar-refractivity contribution in [1.82, 2.24) is 10.6 Å². The van der Waals surface area contributed by atoms with E-state index in [1.165, 1.54) is 0 Å². The monoisotopic (exact) mass is 502 g/mol. The van der Waals surface area contributed by atoms with E-state index < -0.39 is 29.7 Å². The van der Waals surface area contributed by atoms with E-state index >= 15 is 0 Å². The second-order valence-electron chi connectivity index (χ2n) is 9.74. The van der Waals surface area contributed by atoms with E-state index in [1.807, 2.05) is 66.7 Å². The predicted molar refractivity (Wildman–Crippen MR) is 142 cm³/mol. The maximum Gasteiger partial charge on any atom is 0.408 e. The van der Waals surface area contributed by atoms with Crippen LogP contribution in [0.25, 0.3) is 0 Å². The Balaban J connectivity index is 1.71. The van der Waals surface area contributed by atoms with Crippen molar-refractivity contribution in [2.24, 2.45) is 0 Å². The van der Waals surface area contributed by atoms with Crippen molar-refractivity contribution in [1.29, 1.82) is 0 Å². The van der Waals surface area contributed by atoms with Gasteiger partial charge in [0.05, 0.1) is 6.04 Å². The van der Waals surface area contributed by atoms with Gasteiger partial charge >= 0.3 is 12.1 Å². The minimum atomic E-state index is -0.959. The van der Waals surface area contributed by atoms with Crippen LogP contribution in [0.1, 0.15) is 42.3 Å². The van der Waals surface area contributed by atoms with Crippen molar-refractivity contribution in [2.45, 2.75) is 51.3 Å². The maximum absolute atomic E-state index is 13.2. The predicted octanol–water partition coefficient (Wildman–Crippen LogP) is 4.71. The molecule has 7 nitrogen and oxygen atoms in total. The Kier molecular flexibility index (Phi) is 9.84. The number of carbonyl (C=O) groups is 3. The highest BCUT2D eigenvalue weighted by molar-refractivity contribution is 5.94. The summed E-state index contributed by atoms with van der Waals surface area (Å²) in [4.78, 5) is 38.4. The third-order valence-electron chi connectivity index (χ3n) is 5.38. The summed E-state index contributed by atoms with van der Waals surface area (Å²) in [6.45, 7) is 5.19. The van der Waals surface area contributed by atoms with Crippen LogP contribution in [-0.2, 0) is 27.1 Å². The summed E-state index contributed by atoms with van der Waals surface area (Å²) in [5.74, 6) is -0.868. The molecule has 194 valence electrons. The average molecular weight is 503 g/mol. The zero-order valence-corrected chi connectivity index (χ0v) is 21.5. The molecule has 0 bridgehead atoms. The smallest absolute Gasteiger partial charge is 0.408 e. The molecule has 0 aromatic heterocycles. The summed E-state index contributed by atoms with van der Waals surface area (Å²) in [7, 11) is 0. The number of benzene rings is 3. The molecule has 0 spiro atoms. The van der Waals surface area contributed by atoms with Gasteiger partial charge in [-0.05, 0) is 50.5 Å². The zero-order chi connectivity index (χ0) is 26.7. The number of hydrogen-bond acceptors (Lipinski definition) is 5. The molecule has 0 radical (unpaired) electrons. The minimum Gasteiger partial charge on any atom is -0.462 e. The van der Waals surface area contributed by atoms with Crippen molar-refractivity contribution in [3.05, 3.63) is 108 Å². The Bertz CT molecular complexity index is 1140. The van der Waals surface area contributed by atoms with Gasteiger partial charge in [-0.2, -0.15) is 0 Å². The Hall–Kier alpha value is -4.13. The summed E-state index contributed by atoms with van der Waals surface area (Å²) < 4.78 is 11.0. The molecule has 0 saturated heterocycles. The number of esters is 1. The number of rotatable bonds is 10. The second kappa shape index (κ2) is 13.3. The molecule has 3 rings (SSSR count). The highest BCUT2D eigenvalue weighted by atomic mass is 16.6. The maximum atomic E-state index is 13.2. The van der Waals surface area contributed by atoms with Crippen LogP contribution in [-0.4, -0.2) is 42.3 Å². The van der Waals surface area contributed by atoms with Crippen molar-refractivity contribution >= 4 is 18.0 Å². The van der Waals surface area contributed by atoms with Crippen LogP contribution in [0.2, 0.25) is 0 Å². The molecule has 0 saturated carbocycles. The van der Waals surface area contributed by atoms with Crippen molar-refractivity contribution in [2.75, 3.05) is 6.61 Å². The van der Waals surface area contributed by atoms with Gasteiger partial charge in [0.2, 0.25) is 0 Å². The van der Waals surface area contributed by atoms with Crippen LogP contribution in [0, 0.1) is 0 Å². The Morgan fingerprint density at radius 2 is 1.24 bits per heavy atom. The zero-order valence-electron chi connectivity index (χ0n) is 21.5. The third kappa shape index (κ3) is 9.80. The van der Waals surface area contributed by atoms with Crippen LogP contribution >= 0.6 is 0 Å². The summed E-state index contributed by atoms with van der Waals surface area (Å²) in [5, 5.41) is 5.61. The average Bonchev–Trinajstić information content (AvgIpc) is 2.87. The van der Waals surface area contributed by atoms with Crippen molar-refractivity contribution in [3.63, 3.8) is 0 Å². The first-order valence-corrected chi connectivity index (χ1v) is 12.3. The lowest BCUT2D eigenvalue weighted by atomic mass is 10.1. The molecule has 0 aliphatic rings. The summed E-state index contributed by atoms with van der Waals surface area (Å²) >= 11 is 0. The number of nitrogens with one attached hydrogen (secondary N) is 2. The van der Waals surface area contributed by atoms with Gasteiger partial charge in [-0.3, -0.25) is 4.79 Å². The molecule has 0 heterocycles. The lowest BCUT2D eigenvalue weighted by Gasteiger charge is -2.24. The van der Waals surface area contributed by atoms with Gasteiger partial charge < -0.3 is 20.1 Å². The third-order valence-corrected chi connectivity index (χ3v) is 5.38. The van der Waals surface area contributed by atoms with Gasteiger partial charge in [-0.15, -0.1) is 0 Å². The van der Waals surface area contributed by atoms with E-state index in [1.54, 1.807) is 45.0 Å². The fourth-order valence-corrected chi connectivity index (χ4v) is 3.68. The molecular formula is C30H34N2O5. The molecule has 2 N–H and O–H groups in total. The Morgan fingerprint density at radius 1 is 0.730 bits per heavy atom. The molecular weight excluding hydrogens is 468 g/mol. The van der Waals surface area contributed by atoms with E-state index in [2.05, 4.69) is 10.6 Å². The molecule has 2 atom stereocenters. The lowest BCUT2D eigenvalue weighted by molar-refractivity contribution is -0.146. The van der Waals surface area contributed by atoms with Crippen LogP contribution < -0.4 is 10.6 Å². The first kappa shape index (κ1) is 27.5. The quantitative estimate of drug-likeness (QED) is 0.392. The number of amides is 2. The first-order valence-electron chi connectivity index (χ1n) is 12.3. The number of carbonyl (C=O) groups excluding carboxylic acids is 3. The molecule has 0 aliphatic heterocycles. The molecule has 0 unspecified atom stereocenters. The molecule has 7 heteroatoms. The molecule has 2 amide bonds. The molecule has 0 fully saturated rings. The summed E-state index contributed by atoms with van der Waals surface area (Å²) in [6.07, 6.45) is -0.00244. The molecule has 37 heavy (non-hydrogen) atoms. The van der Waals surface area contributed by atoms with E-state index in [-0.39, 0.29) is 18.9 Å². The lowest BCUT2D eigenvalue weighted by Crippen LogP contribution is -2.47. The van der Waals surface area contributed by atoms with E-state index in [9.17, 15) is 14.4 Å². The second-order valence-corrected chi connectivity index (χ2v) is 9.74. The summed E-state index contributed by atoms with van der Waals surface area (Å²) in [5.41, 5.74) is 1.65. The van der Waals surface area contributed by atoms with Gasteiger partial charge in [-0.25, -0.2) is 9.59 Å². The van der Waals surface area contributed by atoms with Crippen molar-refractivity contribution < 1.29 is 23.9 Å². The fourth-order valence-electron chi connectivity index (χ4n) is 3.68. The van der Waals surface area contributed by atoms with Gasteiger partial charge in [0.15, 0.2) is 0 Å². The molecule has 3 aromatic carbocycles. The van der Waals surface area contributed by atoms with Crippen LogP contribution in [0.15, 0.2) is 91.0 Å². The molecule has 0 aliphatic carbocycles. The standard InChI is InChI=1S/C30H34N2O5/c1-30(2,3)37-29(35)32-26(20-23-15-9-5-10-16-23)28(34)36-21-25(19-22-13-7-4-8-14-22)31-27(33)24-17-11-6-12-18-24/h4-18,25-26H,19-21H2,1-3H3,(H,31,33)(H,32,35)/t25-,26-/m1/s1. The SMILES string of the molecule is CC(C)(C)OC(=O)N[C@H](Cc1ccccc1)C(=O)OC[C@@H](Cc1ccccc1)NC(=O)c1ccccc1. The summed E-state index contributed by atoms with van der Waals surface area (Å²) in [6, 6.07) is 26.4. The van der Waals surface area contributed by atoms with Gasteiger partial charge in [0.1, 0.15) is 18.2 Å². The largest absolute Gasteiger partial charge is 0.462 e. The van der Waals surface area contributed by atoms with E-state index in [0.29, 0.717) is 12.0 Å². The fraction of sp³-hybridized carbons (Fsp3) is 0.300. The van der Waals surface area contributed by atoms with Gasteiger partial charge in [0.25, 0.3) is 5.91 Å². The highest BCUT2D eigenvalue weighted by Crippen LogP contribution is 2.11. The number of hydrogen-bond donors (Lipinski definition) is 2. The Morgan fingerprint density at radius 3 is 1.78 bits per heavy atom. The van der Waals surface area contributed by atoms with E-state index in [4.69, 9.17) is 9.47 Å². The van der Waals surface area contributed by atoms with Crippen LogP contribution in [0.3, 0.4) is 0 Å². The highest BCUT2D eigenvalue weighted by Gasteiger charge is 2.27. The molecule has 3 aromatic rings. The van der Waals surface area contributed by atoms with Crippen molar-refractivity contribution in [3.8, 4) is 0 Å². The van der Waals surface area contributed by atoms with Gasteiger partial charge in [-0.1, -0.05) is 78.9 Å². The minimum absolute atomic E-state index is 0.0619. The Labute approximate surface area is 218 Å². The van der Waals surface area contributed by atoms with Gasteiger partial charge in [0, 0.05) is 12.0 Å². The first-order chi connectivity index (χ1) is 17.7.